The molecule has 0 radical (unpaired) electrons. The first-order valence-electron chi connectivity index (χ1n) is 8.67. The normalized spacial score (nSPS) is 10.4. The zero-order chi connectivity index (χ0) is 18.9. The Balaban J connectivity index is 1.92. The highest BCUT2D eigenvalue weighted by atomic mass is 32.1. The predicted octanol–water partition coefficient (Wildman–Crippen LogP) is 2.05. The van der Waals surface area contributed by atoms with Gasteiger partial charge in [-0.2, -0.15) is 5.26 Å². The second-order valence-electron chi connectivity index (χ2n) is 6.17. The molecule has 0 fully saturated rings. The van der Waals surface area contributed by atoms with Gasteiger partial charge in [0, 0.05) is 25.6 Å². The fourth-order valence-corrected chi connectivity index (χ4v) is 2.98. The molecule has 0 saturated carbocycles. The fraction of sp³-hybridized carbons (Fsp3) is 0.421. The lowest BCUT2D eigenvalue weighted by Gasteiger charge is -2.10. The SMILES string of the molecule is COCCCNC(=S)NCCNc1[nH+]c2c(C)cc(C)cc2cc1C#N. The number of aryl methyl sites for hydroxylation is 2. The molecule has 0 aliphatic rings. The maximum absolute atomic E-state index is 9.44. The van der Waals surface area contributed by atoms with Gasteiger partial charge in [-0.15, -0.1) is 0 Å². The summed E-state index contributed by atoms with van der Waals surface area (Å²) in [4.78, 5) is 3.35. The number of nitrogens with one attached hydrogen (secondary N) is 4. The summed E-state index contributed by atoms with van der Waals surface area (Å²) in [5, 5.41) is 20.7. The number of anilines is 1. The molecule has 0 bridgehead atoms. The number of ether oxygens (including phenoxy) is 1. The van der Waals surface area contributed by atoms with Crippen LogP contribution in [0.5, 0.6) is 0 Å². The smallest absolute Gasteiger partial charge is 0.290 e. The van der Waals surface area contributed by atoms with Crippen LogP contribution in [0, 0.1) is 25.2 Å². The van der Waals surface area contributed by atoms with Gasteiger partial charge in [0.25, 0.3) is 5.82 Å². The van der Waals surface area contributed by atoms with Gasteiger partial charge < -0.3 is 15.4 Å². The summed E-state index contributed by atoms with van der Waals surface area (Å²) in [6, 6.07) is 8.38. The zero-order valence-corrected chi connectivity index (χ0v) is 16.3. The minimum absolute atomic E-state index is 0.600. The number of aromatic amines is 1. The van der Waals surface area contributed by atoms with Crippen LogP contribution in [0.1, 0.15) is 23.1 Å². The Morgan fingerprint density at radius 1 is 1.19 bits per heavy atom. The van der Waals surface area contributed by atoms with Crippen molar-refractivity contribution in [1.29, 1.82) is 5.26 Å². The third kappa shape index (κ3) is 5.55. The number of methoxy groups -OCH3 is 1. The fourth-order valence-electron chi connectivity index (χ4n) is 2.78. The van der Waals surface area contributed by atoms with Crippen molar-refractivity contribution in [3.05, 3.63) is 34.9 Å². The van der Waals surface area contributed by atoms with Crippen molar-refractivity contribution in [2.45, 2.75) is 20.3 Å². The number of fused-ring (bicyclic) bond motifs is 1. The summed E-state index contributed by atoms with van der Waals surface area (Å²) in [6.07, 6.45) is 0.910. The number of thiocarbonyl (C=S) groups is 1. The van der Waals surface area contributed by atoms with E-state index in [1.807, 2.05) is 6.07 Å². The van der Waals surface area contributed by atoms with E-state index >= 15 is 0 Å². The van der Waals surface area contributed by atoms with Gasteiger partial charge in [-0.25, -0.2) is 4.98 Å². The van der Waals surface area contributed by atoms with Gasteiger partial charge in [-0.05, 0) is 55.7 Å². The molecule has 1 aromatic carbocycles. The Bertz CT molecular complexity index is 816. The van der Waals surface area contributed by atoms with Gasteiger partial charge in [0.2, 0.25) is 0 Å². The van der Waals surface area contributed by atoms with Crippen LogP contribution in [-0.2, 0) is 4.74 Å². The van der Waals surface area contributed by atoms with E-state index < -0.39 is 0 Å². The first kappa shape index (κ1) is 19.9. The van der Waals surface area contributed by atoms with Gasteiger partial charge in [0.05, 0.1) is 6.54 Å². The second kappa shape index (κ2) is 9.90. The van der Waals surface area contributed by atoms with Gasteiger partial charge >= 0.3 is 0 Å². The Labute approximate surface area is 159 Å². The first-order valence-corrected chi connectivity index (χ1v) is 9.08. The van der Waals surface area contributed by atoms with Crippen molar-refractivity contribution in [1.82, 2.24) is 10.6 Å². The highest BCUT2D eigenvalue weighted by Gasteiger charge is 2.13. The number of nitrogens with zero attached hydrogens (tertiary/aromatic N) is 1. The average molecular weight is 373 g/mol. The summed E-state index contributed by atoms with van der Waals surface area (Å²) in [7, 11) is 1.68. The quantitative estimate of drug-likeness (QED) is 0.486. The number of benzene rings is 1. The molecule has 0 spiro atoms. The lowest BCUT2D eigenvalue weighted by molar-refractivity contribution is -0.328. The first-order chi connectivity index (χ1) is 12.5. The van der Waals surface area contributed by atoms with Crippen molar-refractivity contribution in [2.24, 2.45) is 0 Å². The lowest BCUT2D eigenvalue weighted by atomic mass is 10.1. The van der Waals surface area contributed by atoms with E-state index in [1.165, 1.54) is 5.56 Å². The maximum atomic E-state index is 9.44. The van der Waals surface area contributed by atoms with Crippen LogP contribution in [0.3, 0.4) is 0 Å². The van der Waals surface area contributed by atoms with E-state index in [0.717, 1.165) is 35.2 Å². The molecule has 1 aromatic heterocycles. The summed E-state index contributed by atoms with van der Waals surface area (Å²) in [6.45, 7) is 6.91. The number of pyridine rings is 1. The van der Waals surface area contributed by atoms with E-state index in [0.29, 0.717) is 30.4 Å². The van der Waals surface area contributed by atoms with Crippen LogP contribution < -0.4 is 20.9 Å². The lowest BCUT2D eigenvalue weighted by Crippen LogP contribution is -2.38. The van der Waals surface area contributed by atoms with Crippen LogP contribution in [0.15, 0.2) is 18.2 Å². The van der Waals surface area contributed by atoms with Crippen molar-refractivity contribution in [3.8, 4) is 6.07 Å². The van der Waals surface area contributed by atoms with Crippen LogP contribution in [0.2, 0.25) is 0 Å². The summed E-state index contributed by atoms with van der Waals surface area (Å²) in [5.41, 5.74) is 3.99. The Morgan fingerprint density at radius 2 is 1.96 bits per heavy atom. The van der Waals surface area contributed by atoms with Crippen molar-refractivity contribution in [3.63, 3.8) is 0 Å². The van der Waals surface area contributed by atoms with Crippen LogP contribution in [0.25, 0.3) is 10.9 Å². The molecular weight excluding hydrogens is 346 g/mol. The topological polar surface area (TPSA) is 83.2 Å². The number of rotatable bonds is 8. The van der Waals surface area contributed by atoms with E-state index in [9.17, 15) is 5.26 Å². The van der Waals surface area contributed by atoms with E-state index in [4.69, 9.17) is 17.0 Å². The molecule has 0 atom stereocenters. The predicted molar refractivity (Wildman–Crippen MR) is 108 cm³/mol. The third-order valence-corrected chi connectivity index (χ3v) is 4.26. The summed E-state index contributed by atoms with van der Waals surface area (Å²) < 4.78 is 4.99. The van der Waals surface area contributed by atoms with E-state index in [1.54, 1.807) is 7.11 Å². The van der Waals surface area contributed by atoms with Gasteiger partial charge in [0.15, 0.2) is 5.11 Å². The van der Waals surface area contributed by atoms with Crippen LogP contribution >= 0.6 is 12.2 Å². The number of hydrogen-bond donors (Lipinski definition) is 3. The zero-order valence-electron chi connectivity index (χ0n) is 15.5. The molecule has 26 heavy (non-hydrogen) atoms. The molecular formula is C19H26N5OS+. The molecule has 1 heterocycles. The molecule has 2 rings (SSSR count). The minimum atomic E-state index is 0.600. The minimum Gasteiger partial charge on any atom is -0.385 e. The summed E-state index contributed by atoms with van der Waals surface area (Å²) in [5.74, 6) is 0.729. The molecule has 0 saturated heterocycles. The molecule has 138 valence electrons. The highest BCUT2D eigenvalue weighted by molar-refractivity contribution is 7.80. The van der Waals surface area contributed by atoms with Crippen LogP contribution in [-0.4, -0.2) is 38.5 Å². The van der Waals surface area contributed by atoms with Crippen molar-refractivity contribution >= 4 is 34.1 Å². The van der Waals surface area contributed by atoms with E-state index in [-0.39, 0.29) is 0 Å². The monoisotopic (exact) mass is 372 g/mol. The maximum Gasteiger partial charge on any atom is 0.290 e. The molecule has 0 aliphatic heterocycles. The summed E-state index contributed by atoms with van der Waals surface area (Å²) >= 11 is 5.22. The van der Waals surface area contributed by atoms with Gasteiger partial charge in [-0.3, -0.25) is 5.32 Å². The number of nitriles is 1. The molecule has 7 heteroatoms. The average Bonchev–Trinajstić information content (AvgIpc) is 2.62. The Kier molecular flexibility index (Phi) is 7.57. The second-order valence-corrected chi connectivity index (χ2v) is 6.58. The molecule has 0 unspecified atom stereocenters. The van der Waals surface area contributed by atoms with E-state index in [2.05, 4.69) is 53.0 Å². The number of aromatic nitrogens is 1. The van der Waals surface area contributed by atoms with Crippen LogP contribution in [0.4, 0.5) is 5.82 Å². The molecule has 0 amide bonds. The van der Waals surface area contributed by atoms with Gasteiger partial charge in [-0.1, -0.05) is 6.07 Å². The van der Waals surface area contributed by atoms with Gasteiger partial charge in [0.1, 0.15) is 23.7 Å². The number of H-pyrrole nitrogens is 1. The molecule has 0 aliphatic carbocycles. The molecule has 4 N–H and O–H groups in total. The molecule has 6 nitrogen and oxygen atoms in total. The molecule has 2 aromatic rings. The highest BCUT2D eigenvalue weighted by Crippen LogP contribution is 2.20. The Hall–Kier alpha value is -2.43. The standard InChI is InChI=1S/C19H25N5OS/c1-13-9-14(2)17-15(10-13)11-16(12-20)18(24-17)21-6-7-23-19(26)22-5-4-8-25-3/h9-11H,4-8H2,1-3H3,(H,21,24)(H2,22,23,26)/p+1. The largest absolute Gasteiger partial charge is 0.385 e. The Morgan fingerprint density at radius 3 is 2.69 bits per heavy atom. The van der Waals surface area contributed by atoms with Crippen molar-refractivity contribution in [2.75, 3.05) is 38.7 Å². The number of hydrogen-bond acceptors (Lipinski definition) is 4. The third-order valence-electron chi connectivity index (χ3n) is 3.97. The van der Waals surface area contributed by atoms with Crippen molar-refractivity contribution < 1.29 is 9.72 Å².